The number of hydrogen-bond acceptors (Lipinski definition) is 3. The van der Waals surface area contributed by atoms with E-state index < -0.39 is 5.41 Å². The summed E-state index contributed by atoms with van der Waals surface area (Å²) in [6, 6.07) is 8.35. The number of hydrogen-bond donors (Lipinski definition) is 0. The smallest absolute Gasteiger partial charge is 0.313 e. The van der Waals surface area contributed by atoms with Crippen LogP contribution in [0.3, 0.4) is 0 Å². The van der Waals surface area contributed by atoms with Gasteiger partial charge in [0.2, 0.25) is 0 Å². The zero-order valence-corrected chi connectivity index (χ0v) is 11.9. The number of benzene rings is 1. The second kappa shape index (κ2) is 5.74. The van der Waals surface area contributed by atoms with Gasteiger partial charge in [-0.05, 0) is 44.2 Å². The van der Waals surface area contributed by atoms with Gasteiger partial charge in [-0.15, -0.1) is 0 Å². The van der Waals surface area contributed by atoms with Crippen LogP contribution in [0.15, 0.2) is 24.3 Å². The highest BCUT2D eigenvalue weighted by atomic mass is 16.7. The molecule has 1 aliphatic rings. The van der Waals surface area contributed by atoms with Crippen molar-refractivity contribution in [3.63, 3.8) is 0 Å². The highest BCUT2D eigenvalue weighted by Crippen LogP contribution is 2.24. The maximum Gasteiger partial charge on any atom is 0.313 e. The Bertz CT molecular complexity index is 426. The largest absolute Gasteiger partial charge is 0.438 e. The molecule has 3 nitrogen and oxygen atoms in total. The van der Waals surface area contributed by atoms with Crippen LogP contribution in [0, 0.1) is 5.41 Å². The van der Waals surface area contributed by atoms with Gasteiger partial charge < -0.3 is 9.47 Å². The highest BCUT2D eigenvalue weighted by Gasteiger charge is 2.28. The fraction of sp³-hybridized carbons (Fsp3) is 0.562. The molecule has 2 rings (SSSR count). The summed E-state index contributed by atoms with van der Waals surface area (Å²) in [5.41, 5.74) is 2.25. The van der Waals surface area contributed by atoms with Crippen LogP contribution in [0.5, 0.6) is 0 Å². The van der Waals surface area contributed by atoms with E-state index in [0.29, 0.717) is 0 Å². The third kappa shape index (κ3) is 3.35. The quantitative estimate of drug-likeness (QED) is 0.604. The maximum absolute atomic E-state index is 11.8. The Hall–Kier alpha value is -1.35. The van der Waals surface area contributed by atoms with Crippen LogP contribution in [-0.4, -0.2) is 18.9 Å². The van der Waals surface area contributed by atoms with Crippen LogP contribution in [0.2, 0.25) is 0 Å². The van der Waals surface area contributed by atoms with E-state index >= 15 is 0 Å². The standard InChI is InChI=1S/C16H22O3/c1-4-16(2,3)15(17)19-11-18-14-9-12-7-5-6-8-13(12)10-14/h5-8,14H,4,9-11H2,1-3H3. The summed E-state index contributed by atoms with van der Waals surface area (Å²) in [5, 5.41) is 0. The lowest BCUT2D eigenvalue weighted by molar-refractivity contribution is -0.170. The summed E-state index contributed by atoms with van der Waals surface area (Å²) < 4.78 is 10.9. The summed E-state index contributed by atoms with van der Waals surface area (Å²) in [6.07, 6.45) is 2.71. The molecule has 1 aliphatic carbocycles. The summed E-state index contributed by atoms with van der Waals surface area (Å²) in [7, 11) is 0. The summed E-state index contributed by atoms with van der Waals surface area (Å²) in [6.45, 7) is 5.82. The molecule has 0 unspecified atom stereocenters. The van der Waals surface area contributed by atoms with E-state index in [1.165, 1.54) is 11.1 Å². The van der Waals surface area contributed by atoms with Crippen LogP contribution in [0.1, 0.15) is 38.3 Å². The van der Waals surface area contributed by atoms with Crippen molar-refractivity contribution >= 4 is 5.97 Å². The van der Waals surface area contributed by atoms with Gasteiger partial charge in [0.05, 0.1) is 11.5 Å². The molecular weight excluding hydrogens is 240 g/mol. The number of carbonyl (C=O) groups excluding carboxylic acids is 1. The van der Waals surface area contributed by atoms with Crippen molar-refractivity contribution in [2.45, 2.75) is 46.1 Å². The molecule has 0 radical (unpaired) electrons. The first-order chi connectivity index (χ1) is 9.03. The Morgan fingerprint density at radius 2 is 1.84 bits per heavy atom. The van der Waals surface area contributed by atoms with Gasteiger partial charge >= 0.3 is 5.97 Å². The Morgan fingerprint density at radius 3 is 2.37 bits per heavy atom. The highest BCUT2D eigenvalue weighted by molar-refractivity contribution is 5.75. The summed E-state index contributed by atoms with van der Waals surface area (Å²) in [5.74, 6) is -0.189. The van der Waals surface area contributed by atoms with Crippen molar-refractivity contribution < 1.29 is 14.3 Å². The van der Waals surface area contributed by atoms with Crippen LogP contribution >= 0.6 is 0 Å². The number of esters is 1. The normalized spacial score (nSPS) is 15.3. The second-order valence-corrected chi connectivity index (χ2v) is 5.75. The molecular formula is C16H22O3. The molecule has 19 heavy (non-hydrogen) atoms. The average molecular weight is 262 g/mol. The Labute approximate surface area is 114 Å². The molecule has 0 aromatic heterocycles. The van der Waals surface area contributed by atoms with E-state index in [9.17, 15) is 4.79 Å². The van der Waals surface area contributed by atoms with Crippen molar-refractivity contribution in [2.24, 2.45) is 5.41 Å². The van der Waals surface area contributed by atoms with E-state index in [-0.39, 0.29) is 18.9 Å². The maximum atomic E-state index is 11.8. The van der Waals surface area contributed by atoms with Crippen LogP contribution in [0.25, 0.3) is 0 Å². The van der Waals surface area contributed by atoms with Crippen LogP contribution < -0.4 is 0 Å². The van der Waals surface area contributed by atoms with E-state index in [1.807, 2.05) is 32.9 Å². The number of rotatable bonds is 5. The van der Waals surface area contributed by atoms with Gasteiger partial charge in [-0.25, -0.2) is 0 Å². The van der Waals surface area contributed by atoms with Gasteiger partial charge in [-0.1, -0.05) is 31.2 Å². The van der Waals surface area contributed by atoms with Gasteiger partial charge in [0.25, 0.3) is 0 Å². The van der Waals surface area contributed by atoms with Crippen molar-refractivity contribution in [1.82, 2.24) is 0 Å². The molecule has 0 bridgehead atoms. The second-order valence-electron chi connectivity index (χ2n) is 5.75. The molecule has 1 aromatic rings. The Morgan fingerprint density at radius 1 is 1.26 bits per heavy atom. The van der Waals surface area contributed by atoms with E-state index in [4.69, 9.17) is 9.47 Å². The zero-order valence-electron chi connectivity index (χ0n) is 11.9. The first kappa shape index (κ1) is 14.1. The summed E-state index contributed by atoms with van der Waals surface area (Å²) >= 11 is 0. The molecule has 0 heterocycles. The first-order valence-electron chi connectivity index (χ1n) is 6.88. The average Bonchev–Trinajstić information content (AvgIpc) is 2.81. The molecule has 0 spiro atoms. The molecule has 104 valence electrons. The van der Waals surface area contributed by atoms with Crippen molar-refractivity contribution in [3.05, 3.63) is 35.4 Å². The SMILES string of the molecule is CCC(C)(C)C(=O)OCOC1Cc2ccccc2C1. The minimum Gasteiger partial charge on any atom is -0.438 e. The Kier molecular flexibility index (Phi) is 4.25. The fourth-order valence-electron chi connectivity index (χ4n) is 2.16. The van der Waals surface area contributed by atoms with Crippen molar-refractivity contribution in [2.75, 3.05) is 6.79 Å². The monoisotopic (exact) mass is 262 g/mol. The number of carbonyl (C=O) groups is 1. The van der Waals surface area contributed by atoms with Gasteiger partial charge in [-0.3, -0.25) is 4.79 Å². The summed E-state index contributed by atoms with van der Waals surface area (Å²) in [4.78, 5) is 11.8. The van der Waals surface area contributed by atoms with Gasteiger partial charge in [0, 0.05) is 0 Å². The lowest BCUT2D eigenvalue weighted by atomic mass is 9.91. The molecule has 1 aromatic carbocycles. The molecule has 0 N–H and O–H groups in total. The lowest BCUT2D eigenvalue weighted by Crippen LogP contribution is -2.27. The molecule has 3 heteroatoms. The Balaban J connectivity index is 1.76. The van der Waals surface area contributed by atoms with Crippen molar-refractivity contribution in [1.29, 1.82) is 0 Å². The topological polar surface area (TPSA) is 35.5 Å². The predicted octanol–water partition coefficient (Wildman–Crippen LogP) is 3.11. The van der Waals surface area contributed by atoms with Crippen LogP contribution in [0.4, 0.5) is 0 Å². The number of ether oxygens (including phenoxy) is 2. The van der Waals surface area contributed by atoms with Gasteiger partial charge in [0.15, 0.2) is 6.79 Å². The predicted molar refractivity (Wildman–Crippen MR) is 73.8 cm³/mol. The van der Waals surface area contributed by atoms with E-state index in [2.05, 4.69) is 12.1 Å². The van der Waals surface area contributed by atoms with Gasteiger partial charge in [-0.2, -0.15) is 0 Å². The molecule has 0 aliphatic heterocycles. The molecule has 0 saturated heterocycles. The first-order valence-corrected chi connectivity index (χ1v) is 6.88. The molecule has 0 atom stereocenters. The zero-order chi connectivity index (χ0) is 13.9. The van der Waals surface area contributed by atoms with E-state index in [1.54, 1.807) is 0 Å². The lowest BCUT2D eigenvalue weighted by Gasteiger charge is -2.21. The molecule has 0 saturated carbocycles. The number of fused-ring (bicyclic) bond motifs is 1. The van der Waals surface area contributed by atoms with Crippen molar-refractivity contribution in [3.8, 4) is 0 Å². The van der Waals surface area contributed by atoms with Crippen LogP contribution in [-0.2, 0) is 27.1 Å². The molecule has 0 fully saturated rings. The minimum absolute atomic E-state index is 0.0565. The fourth-order valence-corrected chi connectivity index (χ4v) is 2.16. The van der Waals surface area contributed by atoms with E-state index in [0.717, 1.165) is 19.3 Å². The third-order valence-electron chi connectivity index (χ3n) is 3.94. The van der Waals surface area contributed by atoms with Gasteiger partial charge in [0.1, 0.15) is 0 Å². The minimum atomic E-state index is -0.429. The molecule has 0 amide bonds. The third-order valence-corrected chi connectivity index (χ3v) is 3.94.